The molecule has 0 bridgehead atoms. The minimum Gasteiger partial charge on any atom is -0.497 e. The summed E-state index contributed by atoms with van der Waals surface area (Å²) in [5.41, 5.74) is 2.66. The summed E-state index contributed by atoms with van der Waals surface area (Å²) < 4.78 is 5.20. The highest BCUT2D eigenvalue weighted by molar-refractivity contribution is 5.39. The third kappa shape index (κ3) is 3.95. The van der Waals surface area contributed by atoms with Gasteiger partial charge in [0.2, 0.25) is 0 Å². The molecule has 2 heteroatoms. The fourth-order valence-corrected chi connectivity index (χ4v) is 3.21. The minimum atomic E-state index is 0.0203. The molecular formula is C22H25NO. The molecule has 2 aromatic carbocycles. The molecule has 1 aliphatic carbocycles. The molecule has 0 unspecified atom stereocenters. The summed E-state index contributed by atoms with van der Waals surface area (Å²) >= 11 is 0. The fraction of sp³-hybridized carbons (Fsp3) is 0.273. The molecule has 0 atom stereocenters. The van der Waals surface area contributed by atoms with Gasteiger partial charge in [0.05, 0.1) is 7.11 Å². The van der Waals surface area contributed by atoms with E-state index >= 15 is 0 Å². The molecule has 0 spiro atoms. The molecule has 0 saturated heterocycles. The van der Waals surface area contributed by atoms with Crippen molar-refractivity contribution in [2.24, 2.45) is 0 Å². The van der Waals surface area contributed by atoms with E-state index in [0.717, 1.165) is 31.7 Å². The summed E-state index contributed by atoms with van der Waals surface area (Å²) in [7, 11) is 1.70. The number of benzene rings is 2. The monoisotopic (exact) mass is 319 g/mol. The van der Waals surface area contributed by atoms with Gasteiger partial charge >= 0.3 is 0 Å². The Morgan fingerprint density at radius 1 is 0.958 bits per heavy atom. The Balaban J connectivity index is 1.59. The number of ether oxygens (including phenoxy) is 1. The second-order valence-electron chi connectivity index (χ2n) is 6.22. The third-order valence-corrected chi connectivity index (χ3v) is 4.62. The number of nitrogens with one attached hydrogen (secondary N) is 1. The lowest BCUT2D eigenvalue weighted by atomic mass is 9.75. The smallest absolute Gasteiger partial charge is 0.118 e. The van der Waals surface area contributed by atoms with Crippen LogP contribution in [0.25, 0.3) is 0 Å². The molecule has 0 radical (unpaired) electrons. The van der Waals surface area contributed by atoms with Crippen LogP contribution in [-0.2, 0) is 12.0 Å². The van der Waals surface area contributed by atoms with Crippen LogP contribution in [0.1, 0.15) is 24.0 Å². The normalized spacial score (nSPS) is 15.4. The maximum absolute atomic E-state index is 5.20. The van der Waals surface area contributed by atoms with Gasteiger partial charge in [-0.25, -0.2) is 0 Å². The van der Waals surface area contributed by atoms with Gasteiger partial charge in [-0.1, -0.05) is 66.8 Å². The van der Waals surface area contributed by atoms with E-state index in [0.29, 0.717) is 0 Å². The van der Waals surface area contributed by atoms with Crippen LogP contribution in [0.4, 0.5) is 0 Å². The Hall–Kier alpha value is -2.32. The first kappa shape index (κ1) is 16.5. The number of hydrogen-bond donors (Lipinski definition) is 1. The second kappa shape index (κ2) is 7.98. The number of hydrogen-bond acceptors (Lipinski definition) is 2. The molecular weight excluding hydrogens is 294 g/mol. The largest absolute Gasteiger partial charge is 0.497 e. The number of allylic oxidation sites excluding steroid dienone is 4. The van der Waals surface area contributed by atoms with Gasteiger partial charge in [-0.15, -0.1) is 0 Å². The molecule has 1 aliphatic rings. The van der Waals surface area contributed by atoms with Gasteiger partial charge in [-0.05, 0) is 42.6 Å². The van der Waals surface area contributed by atoms with Crippen molar-refractivity contribution >= 4 is 0 Å². The van der Waals surface area contributed by atoms with Gasteiger partial charge in [-0.2, -0.15) is 0 Å². The maximum atomic E-state index is 5.20. The van der Waals surface area contributed by atoms with Gasteiger partial charge in [0, 0.05) is 12.0 Å². The van der Waals surface area contributed by atoms with Gasteiger partial charge in [0.25, 0.3) is 0 Å². The zero-order chi connectivity index (χ0) is 16.7. The summed E-state index contributed by atoms with van der Waals surface area (Å²) in [6.45, 7) is 1.85. The molecule has 0 saturated carbocycles. The average molecular weight is 319 g/mol. The predicted molar refractivity (Wildman–Crippen MR) is 100 cm³/mol. The molecule has 2 aromatic rings. The lowest BCUT2D eigenvalue weighted by Gasteiger charge is -2.30. The first-order valence-electron chi connectivity index (χ1n) is 8.57. The maximum Gasteiger partial charge on any atom is 0.118 e. The van der Waals surface area contributed by atoms with E-state index in [1.807, 2.05) is 12.1 Å². The van der Waals surface area contributed by atoms with Crippen LogP contribution >= 0.6 is 0 Å². The Bertz CT molecular complexity index is 674. The van der Waals surface area contributed by atoms with E-state index in [4.69, 9.17) is 4.74 Å². The van der Waals surface area contributed by atoms with Crippen molar-refractivity contribution in [1.29, 1.82) is 0 Å². The number of rotatable bonds is 7. The highest BCUT2D eigenvalue weighted by atomic mass is 16.5. The van der Waals surface area contributed by atoms with Crippen molar-refractivity contribution in [3.8, 4) is 5.75 Å². The molecule has 0 aromatic heterocycles. The van der Waals surface area contributed by atoms with Gasteiger partial charge in [0.15, 0.2) is 0 Å². The molecule has 0 fully saturated rings. The summed E-state index contributed by atoms with van der Waals surface area (Å²) in [6.07, 6.45) is 11.4. The zero-order valence-electron chi connectivity index (χ0n) is 14.2. The summed E-state index contributed by atoms with van der Waals surface area (Å²) in [6, 6.07) is 19.0. The lowest BCUT2D eigenvalue weighted by molar-refractivity contribution is 0.414. The van der Waals surface area contributed by atoms with E-state index in [2.05, 4.69) is 72.1 Å². The number of methoxy groups -OCH3 is 1. The van der Waals surface area contributed by atoms with Crippen LogP contribution in [-0.4, -0.2) is 13.7 Å². The minimum absolute atomic E-state index is 0.0203. The van der Waals surface area contributed by atoms with Crippen LogP contribution in [0.5, 0.6) is 5.75 Å². The van der Waals surface area contributed by atoms with Gasteiger partial charge in [0.1, 0.15) is 5.75 Å². The lowest BCUT2D eigenvalue weighted by Crippen LogP contribution is -2.28. The van der Waals surface area contributed by atoms with Crippen molar-refractivity contribution in [2.75, 3.05) is 13.7 Å². The first-order chi connectivity index (χ1) is 11.8. The molecule has 2 nitrogen and oxygen atoms in total. The van der Waals surface area contributed by atoms with Crippen LogP contribution in [0.3, 0.4) is 0 Å². The standard InChI is InChI=1S/C22H25NO/c1-24-21-12-10-19(11-13-21)18-23-17-16-22(14-6-3-7-15-22)20-8-4-2-5-9-20/h2,4-15,23H,3,16-18H2,1H3. The Kier molecular flexibility index (Phi) is 5.50. The molecule has 24 heavy (non-hydrogen) atoms. The van der Waals surface area contributed by atoms with Gasteiger partial charge < -0.3 is 10.1 Å². The quantitative estimate of drug-likeness (QED) is 0.593. The topological polar surface area (TPSA) is 21.3 Å². The fourth-order valence-electron chi connectivity index (χ4n) is 3.21. The Morgan fingerprint density at radius 3 is 2.33 bits per heavy atom. The third-order valence-electron chi connectivity index (χ3n) is 4.62. The predicted octanol–water partition coefficient (Wildman–Crippen LogP) is 4.63. The zero-order valence-corrected chi connectivity index (χ0v) is 14.2. The first-order valence-corrected chi connectivity index (χ1v) is 8.57. The van der Waals surface area contributed by atoms with Crippen molar-refractivity contribution in [3.05, 3.63) is 90.0 Å². The van der Waals surface area contributed by atoms with Crippen molar-refractivity contribution in [1.82, 2.24) is 5.32 Å². The van der Waals surface area contributed by atoms with E-state index in [-0.39, 0.29) is 5.41 Å². The molecule has 0 heterocycles. The van der Waals surface area contributed by atoms with Crippen molar-refractivity contribution in [3.63, 3.8) is 0 Å². The van der Waals surface area contributed by atoms with Crippen LogP contribution in [0.15, 0.2) is 78.9 Å². The SMILES string of the molecule is COc1ccc(CNCCC2(c3ccccc3)C=CCC=C2)cc1. The van der Waals surface area contributed by atoms with Crippen LogP contribution < -0.4 is 10.1 Å². The van der Waals surface area contributed by atoms with Crippen LogP contribution in [0, 0.1) is 0 Å². The highest BCUT2D eigenvalue weighted by Crippen LogP contribution is 2.33. The second-order valence-corrected chi connectivity index (χ2v) is 6.22. The van der Waals surface area contributed by atoms with Crippen molar-refractivity contribution in [2.45, 2.75) is 24.8 Å². The van der Waals surface area contributed by atoms with Crippen LogP contribution in [0.2, 0.25) is 0 Å². The van der Waals surface area contributed by atoms with E-state index in [9.17, 15) is 0 Å². The Morgan fingerprint density at radius 2 is 1.67 bits per heavy atom. The van der Waals surface area contributed by atoms with E-state index in [1.54, 1.807) is 7.11 Å². The van der Waals surface area contributed by atoms with Crippen molar-refractivity contribution < 1.29 is 4.74 Å². The Labute approximate surface area is 144 Å². The summed E-state index contributed by atoms with van der Waals surface area (Å²) in [4.78, 5) is 0. The van der Waals surface area contributed by atoms with E-state index in [1.165, 1.54) is 11.1 Å². The van der Waals surface area contributed by atoms with E-state index < -0.39 is 0 Å². The molecule has 124 valence electrons. The molecule has 0 amide bonds. The average Bonchev–Trinajstić information content (AvgIpc) is 2.67. The molecule has 3 rings (SSSR count). The molecule has 0 aliphatic heterocycles. The highest BCUT2D eigenvalue weighted by Gasteiger charge is 2.26. The molecule has 1 N–H and O–H groups in total. The summed E-state index contributed by atoms with van der Waals surface area (Å²) in [5, 5.41) is 3.57. The van der Waals surface area contributed by atoms with Gasteiger partial charge in [-0.3, -0.25) is 0 Å². The summed E-state index contributed by atoms with van der Waals surface area (Å²) in [5.74, 6) is 0.902.